The van der Waals surface area contributed by atoms with Crippen LogP contribution in [0, 0.1) is 17.6 Å². The normalized spacial score (nSPS) is 16.1. The number of ether oxygens (including phenoxy) is 1. The first-order chi connectivity index (χ1) is 13.5. The van der Waals surface area contributed by atoms with Gasteiger partial charge in [-0.15, -0.1) is 0 Å². The second-order valence-electron chi connectivity index (χ2n) is 7.16. The molecule has 0 radical (unpaired) electrons. The van der Waals surface area contributed by atoms with Crippen molar-refractivity contribution < 1.29 is 23.4 Å². The Morgan fingerprint density at radius 3 is 2.50 bits per heavy atom. The standard InChI is InChI=1S/C22H25F2NO3/c1-28-19-10-8-17(23)20(21(19)24)22(27)25-13-11-16(12-14-25)18(26)9-7-15-5-3-2-4-6-15/h2-6,8,10,16,18,26H,7,9,11-14H2,1H3/t18-/m0/s1. The van der Waals surface area contributed by atoms with Gasteiger partial charge in [0, 0.05) is 13.1 Å². The van der Waals surface area contributed by atoms with Crippen LogP contribution in [0.25, 0.3) is 0 Å². The third-order valence-corrected chi connectivity index (χ3v) is 5.43. The second kappa shape index (κ2) is 9.15. The number of piperidine rings is 1. The van der Waals surface area contributed by atoms with Crippen LogP contribution in [-0.2, 0) is 6.42 Å². The maximum absolute atomic E-state index is 14.4. The zero-order valence-electron chi connectivity index (χ0n) is 15.9. The molecule has 1 amide bonds. The van der Waals surface area contributed by atoms with E-state index in [0.29, 0.717) is 32.4 Å². The number of aliphatic hydroxyl groups excluding tert-OH is 1. The highest BCUT2D eigenvalue weighted by Gasteiger charge is 2.31. The van der Waals surface area contributed by atoms with E-state index in [9.17, 15) is 18.7 Å². The van der Waals surface area contributed by atoms with Crippen LogP contribution in [-0.4, -0.2) is 42.2 Å². The number of amides is 1. The van der Waals surface area contributed by atoms with Crippen LogP contribution < -0.4 is 4.74 Å². The van der Waals surface area contributed by atoms with Crippen molar-refractivity contribution in [1.29, 1.82) is 0 Å². The average Bonchev–Trinajstić information content (AvgIpc) is 2.73. The summed E-state index contributed by atoms with van der Waals surface area (Å²) in [6.45, 7) is 0.726. The minimum Gasteiger partial charge on any atom is -0.494 e. The number of carbonyl (C=O) groups excluding carboxylic acids is 1. The smallest absolute Gasteiger partial charge is 0.259 e. The molecule has 6 heteroatoms. The molecule has 3 rings (SSSR count). The lowest BCUT2D eigenvalue weighted by atomic mass is 9.88. The summed E-state index contributed by atoms with van der Waals surface area (Å²) in [5, 5.41) is 10.5. The summed E-state index contributed by atoms with van der Waals surface area (Å²) >= 11 is 0. The van der Waals surface area contributed by atoms with Gasteiger partial charge in [0.25, 0.3) is 5.91 Å². The molecule has 0 spiro atoms. The van der Waals surface area contributed by atoms with Gasteiger partial charge in [-0.25, -0.2) is 8.78 Å². The molecule has 0 bridgehead atoms. The Morgan fingerprint density at radius 1 is 1.18 bits per heavy atom. The van der Waals surface area contributed by atoms with Gasteiger partial charge in [0.1, 0.15) is 11.4 Å². The van der Waals surface area contributed by atoms with E-state index in [1.807, 2.05) is 30.3 Å². The minimum absolute atomic E-state index is 0.0766. The van der Waals surface area contributed by atoms with Crippen molar-refractivity contribution in [2.24, 2.45) is 5.92 Å². The first kappa shape index (κ1) is 20.3. The van der Waals surface area contributed by atoms with E-state index in [2.05, 4.69) is 0 Å². The molecular weight excluding hydrogens is 364 g/mol. The maximum atomic E-state index is 14.4. The monoisotopic (exact) mass is 389 g/mol. The number of methoxy groups -OCH3 is 1. The summed E-state index contributed by atoms with van der Waals surface area (Å²) < 4.78 is 33.3. The third kappa shape index (κ3) is 4.50. The number of benzene rings is 2. The summed E-state index contributed by atoms with van der Waals surface area (Å²) in [4.78, 5) is 14.1. The lowest BCUT2D eigenvalue weighted by molar-refractivity contribution is 0.0431. The third-order valence-electron chi connectivity index (χ3n) is 5.43. The van der Waals surface area contributed by atoms with Gasteiger partial charge in [0.15, 0.2) is 11.6 Å². The summed E-state index contributed by atoms with van der Waals surface area (Å²) in [5.41, 5.74) is 0.598. The molecule has 1 atom stereocenters. The lowest BCUT2D eigenvalue weighted by Crippen LogP contribution is -2.42. The molecule has 4 nitrogen and oxygen atoms in total. The van der Waals surface area contributed by atoms with Gasteiger partial charge in [-0.1, -0.05) is 30.3 Å². The van der Waals surface area contributed by atoms with E-state index in [4.69, 9.17) is 4.74 Å². The second-order valence-corrected chi connectivity index (χ2v) is 7.16. The number of carbonyl (C=O) groups is 1. The molecule has 1 heterocycles. The van der Waals surface area contributed by atoms with Crippen molar-refractivity contribution in [3.63, 3.8) is 0 Å². The molecule has 1 fully saturated rings. The van der Waals surface area contributed by atoms with Crippen LogP contribution >= 0.6 is 0 Å². The predicted molar refractivity (Wildman–Crippen MR) is 102 cm³/mol. The number of halogens is 2. The molecule has 0 aliphatic carbocycles. The molecule has 1 aliphatic heterocycles. The van der Waals surface area contributed by atoms with Crippen LogP contribution in [0.3, 0.4) is 0 Å². The van der Waals surface area contributed by atoms with E-state index in [1.165, 1.54) is 17.6 Å². The van der Waals surface area contributed by atoms with Crippen LogP contribution in [0.4, 0.5) is 8.78 Å². The molecule has 0 aromatic heterocycles. The van der Waals surface area contributed by atoms with Gasteiger partial charge < -0.3 is 14.7 Å². The van der Waals surface area contributed by atoms with Crippen molar-refractivity contribution in [3.8, 4) is 5.75 Å². The Hall–Kier alpha value is -2.47. The number of rotatable bonds is 6. The fourth-order valence-electron chi connectivity index (χ4n) is 3.73. The Kier molecular flexibility index (Phi) is 6.62. The van der Waals surface area contributed by atoms with Crippen molar-refractivity contribution >= 4 is 5.91 Å². The average molecular weight is 389 g/mol. The SMILES string of the molecule is COc1ccc(F)c(C(=O)N2CCC([C@@H](O)CCc3ccccc3)CC2)c1F. The van der Waals surface area contributed by atoms with E-state index < -0.39 is 29.2 Å². The zero-order valence-corrected chi connectivity index (χ0v) is 15.9. The quantitative estimate of drug-likeness (QED) is 0.817. The topological polar surface area (TPSA) is 49.8 Å². The van der Waals surface area contributed by atoms with Crippen LogP contribution in [0.2, 0.25) is 0 Å². The molecule has 1 saturated heterocycles. The molecule has 28 heavy (non-hydrogen) atoms. The Balaban J connectivity index is 1.57. The Bertz CT molecular complexity index is 805. The summed E-state index contributed by atoms with van der Waals surface area (Å²) in [6.07, 6.45) is 2.20. The molecule has 0 unspecified atom stereocenters. The number of hydrogen-bond donors (Lipinski definition) is 1. The van der Waals surface area contributed by atoms with E-state index in [0.717, 1.165) is 18.6 Å². The van der Waals surface area contributed by atoms with Crippen molar-refractivity contribution in [2.45, 2.75) is 31.8 Å². The fraction of sp³-hybridized carbons (Fsp3) is 0.409. The summed E-state index contributed by atoms with van der Waals surface area (Å²) in [6, 6.07) is 12.2. The van der Waals surface area contributed by atoms with Gasteiger partial charge in [-0.3, -0.25) is 4.79 Å². The Morgan fingerprint density at radius 2 is 1.86 bits per heavy atom. The van der Waals surface area contributed by atoms with E-state index in [1.54, 1.807) is 0 Å². The number of nitrogens with zero attached hydrogens (tertiary/aromatic N) is 1. The number of hydrogen-bond acceptors (Lipinski definition) is 3. The minimum atomic E-state index is -0.975. The van der Waals surface area contributed by atoms with E-state index in [-0.39, 0.29) is 11.7 Å². The highest BCUT2D eigenvalue weighted by molar-refractivity contribution is 5.95. The molecule has 150 valence electrons. The lowest BCUT2D eigenvalue weighted by Gasteiger charge is -2.34. The Labute approximate surface area is 163 Å². The number of aliphatic hydroxyl groups is 1. The van der Waals surface area contributed by atoms with Crippen LogP contribution in [0.1, 0.15) is 35.2 Å². The molecule has 1 aliphatic rings. The highest BCUT2D eigenvalue weighted by atomic mass is 19.1. The molecule has 0 saturated carbocycles. The van der Waals surface area contributed by atoms with Crippen molar-refractivity contribution in [2.75, 3.05) is 20.2 Å². The van der Waals surface area contributed by atoms with Crippen LogP contribution in [0.15, 0.2) is 42.5 Å². The van der Waals surface area contributed by atoms with Gasteiger partial charge in [0.05, 0.1) is 13.2 Å². The summed E-state index contributed by atoms with van der Waals surface area (Å²) in [7, 11) is 1.27. The first-order valence-electron chi connectivity index (χ1n) is 9.54. The zero-order chi connectivity index (χ0) is 20.1. The fourth-order valence-corrected chi connectivity index (χ4v) is 3.73. The van der Waals surface area contributed by atoms with Crippen molar-refractivity contribution in [1.82, 2.24) is 4.90 Å². The van der Waals surface area contributed by atoms with Gasteiger partial charge >= 0.3 is 0 Å². The number of aryl methyl sites for hydroxylation is 1. The highest BCUT2D eigenvalue weighted by Crippen LogP contribution is 2.28. The molecule has 2 aromatic carbocycles. The predicted octanol–water partition coefficient (Wildman–Crippen LogP) is 3.82. The first-order valence-corrected chi connectivity index (χ1v) is 9.54. The molecular formula is C22H25F2NO3. The van der Waals surface area contributed by atoms with Gasteiger partial charge in [-0.05, 0) is 49.3 Å². The molecule has 2 aromatic rings. The molecule has 1 N–H and O–H groups in total. The van der Waals surface area contributed by atoms with Crippen molar-refractivity contribution in [3.05, 3.63) is 65.2 Å². The van der Waals surface area contributed by atoms with E-state index >= 15 is 0 Å². The van der Waals surface area contributed by atoms with Crippen LogP contribution in [0.5, 0.6) is 5.75 Å². The maximum Gasteiger partial charge on any atom is 0.259 e. The van der Waals surface area contributed by atoms with Gasteiger partial charge in [0.2, 0.25) is 0 Å². The van der Waals surface area contributed by atoms with Gasteiger partial charge in [-0.2, -0.15) is 0 Å². The summed E-state index contributed by atoms with van der Waals surface area (Å²) in [5.74, 6) is -2.62. The number of likely N-dealkylation sites (tertiary alicyclic amines) is 1. The largest absolute Gasteiger partial charge is 0.494 e.